The lowest BCUT2D eigenvalue weighted by atomic mass is 10.1. The second-order valence-corrected chi connectivity index (χ2v) is 7.61. The molecule has 0 aromatic heterocycles. The number of hydrogen-bond donors (Lipinski definition) is 1. The van der Waals surface area contributed by atoms with Crippen LogP contribution >= 0.6 is 0 Å². The van der Waals surface area contributed by atoms with Gasteiger partial charge >= 0.3 is 0 Å². The molecule has 0 spiro atoms. The standard InChI is InChI=1S/C23H29FN2O4/c1-17-14-26(18(2)13-25(17)15-19-7-9-20(24)10-8-19)23(28)16-30-22-6-4-3-5-21(22)29-12-11-27/h3-10,17-18,27H,11-16H2,1-2H3/t17?,18-/m0/s1. The van der Waals surface area contributed by atoms with E-state index in [0.717, 1.165) is 18.7 Å². The number of ether oxygens (including phenoxy) is 2. The van der Waals surface area contributed by atoms with Gasteiger partial charge in [0.25, 0.3) is 5.91 Å². The van der Waals surface area contributed by atoms with E-state index in [0.29, 0.717) is 18.0 Å². The molecule has 1 heterocycles. The highest BCUT2D eigenvalue weighted by atomic mass is 19.1. The highest BCUT2D eigenvalue weighted by Gasteiger charge is 2.32. The maximum Gasteiger partial charge on any atom is 0.260 e. The summed E-state index contributed by atoms with van der Waals surface area (Å²) in [5, 5.41) is 8.94. The third-order valence-corrected chi connectivity index (χ3v) is 5.28. The number of carbonyl (C=O) groups excluding carboxylic acids is 1. The van der Waals surface area contributed by atoms with E-state index in [1.165, 1.54) is 12.1 Å². The molecule has 1 saturated heterocycles. The maximum absolute atomic E-state index is 13.1. The molecule has 0 radical (unpaired) electrons. The molecule has 2 aromatic carbocycles. The first-order valence-corrected chi connectivity index (χ1v) is 10.2. The van der Waals surface area contributed by atoms with Crippen molar-refractivity contribution in [3.63, 3.8) is 0 Å². The number of piperazine rings is 1. The van der Waals surface area contributed by atoms with E-state index >= 15 is 0 Å². The van der Waals surface area contributed by atoms with Crippen LogP contribution in [0.2, 0.25) is 0 Å². The second kappa shape index (κ2) is 10.4. The van der Waals surface area contributed by atoms with Gasteiger partial charge in [-0.1, -0.05) is 24.3 Å². The van der Waals surface area contributed by atoms with E-state index in [4.69, 9.17) is 14.6 Å². The van der Waals surface area contributed by atoms with Crippen molar-refractivity contribution < 1.29 is 23.8 Å². The molecule has 1 aliphatic heterocycles. The molecule has 30 heavy (non-hydrogen) atoms. The molecular weight excluding hydrogens is 387 g/mol. The van der Waals surface area contributed by atoms with Gasteiger partial charge < -0.3 is 19.5 Å². The molecule has 2 aromatic rings. The normalized spacial score (nSPS) is 19.5. The SMILES string of the molecule is CC1CN(C(=O)COc2ccccc2OCCO)[C@@H](C)CN1Cc1ccc(F)cc1. The minimum absolute atomic E-state index is 0.0404. The molecule has 0 aliphatic carbocycles. The number of rotatable bonds is 8. The van der Waals surface area contributed by atoms with Crippen molar-refractivity contribution in [1.29, 1.82) is 0 Å². The van der Waals surface area contributed by atoms with E-state index in [1.807, 2.05) is 24.0 Å². The predicted octanol–water partition coefficient (Wildman–Crippen LogP) is 2.70. The summed E-state index contributed by atoms with van der Waals surface area (Å²) in [5.41, 5.74) is 1.05. The number of benzene rings is 2. The summed E-state index contributed by atoms with van der Waals surface area (Å²) < 4.78 is 24.3. The lowest BCUT2D eigenvalue weighted by Gasteiger charge is -2.44. The first kappa shape index (κ1) is 22.1. The average molecular weight is 416 g/mol. The number of aliphatic hydroxyl groups is 1. The summed E-state index contributed by atoms with van der Waals surface area (Å²) in [6.45, 7) is 6.18. The van der Waals surface area contributed by atoms with Gasteiger partial charge in [0, 0.05) is 31.7 Å². The Kier molecular flexibility index (Phi) is 7.65. The highest BCUT2D eigenvalue weighted by Crippen LogP contribution is 2.26. The van der Waals surface area contributed by atoms with Crippen LogP contribution in [-0.4, -0.2) is 65.8 Å². The minimum Gasteiger partial charge on any atom is -0.487 e. The van der Waals surface area contributed by atoms with Crippen molar-refractivity contribution in [1.82, 2.24) is 9.80 Å². The van der Waals surface area contributed by atoms with E-state index in [1.54, 1.807) is 24.3 Å². The van der Waals surface area contributed by atoms with Gasteiger partial charge in [-0.05, 0) is 43.7 Å². The smallest absolute Gasteiger partial charge is 0.260 e. The number of aliphatic hydroxyl groups excluding tert-OH is 1. The second-order valence-electron chi connectivity index (χ2n) is 7.61. The zero-order valence-electron chi connectivity index (χ0n) is 17.5. The van der Waals surface area contributed by atoms with E-state index in [2.05, 4.69) is 11.8 Å². The Morgan fingerprint density at radius 3 is 2.37 bits per heavy atom. The van der Waals surface area contributed by atoms with Crippen LogP contribution in [0, 0.1) is 5.82 Å². The first-order valence-electron chi connectivity index (χ1n) is 10.2. The quantitative estimate of drug-likeness (QED) is 0.717. The number of halogens is 1. The summed E-state index contributed by atoms with van der Waals surface area (Å²) in [7, 11) is 0. The topological polar surface area (TPSA) is 62.2 Å². The van der Waals surface area contributed by atoms with Gasteiger partial charge in [-0.3, -0.25) is 9.69 Å². The molecule has 0 saturated carbocycles. The Bertz CT molecular complexity index is 830. The van der Waals surface area contributed by atoms with Crippen LogP contribution < -0.4 is 9.47 Å². The highest BCUT2D eigenvalue weighted by molar-refractivity contribution is 5.78. The van der Waals surface area contributed by atoms with Crippen LogP contribution in [-0.2, 0) is 11.3 Å². The number of para-hydroxylation sites is 2. The molecule has 1 fully saturated rings. The zero-order chi connectivity index (χ0) is 21.5. The number of carbonyl (C=O) groups is 1. The molecule has 3 rings (SSSR count). The molecule has 7 heteroatoms. The molecule has 1 aliphatic rings. The summed E-state index contributed by atoms with van der Waals surface area (Å²) >= 11 is 0. The molecule has 1 amide bonds. The van der Waals surface area contributed by atoms with Gasteiger partial charge in [0.1, 0.15) is 12.4 Å². The summed E-state index contributed by atoms with van der Waals surface area (Å²) in [5.74, 6) is 0.673. The van der Waals surface area contributed by atoms with Crippen molar-refractivity contribution in [2.75, 3.05) is 32.9 Å². The van der Waals surface area contributed by atoms with Crippen molar-refractivity contribution in [3.05, 3.63) is 59.9 Å². The van der Waals surface area contributed by atoms with Gasteiger partial charge in [0.15, 0.2) is 18.1 Å². The number of amides is 1. The molecule has 2 atom stereocenters. The Morgan fingerprint density at radius 1 is 1.03 bits per heavy atom. The van der Waals surface area contributed by atoms with Gasteiger partial charge in [-0.25, -0.2) is 4.39 Å². The van der Waals surface area contributed by atoms with Crippen LogP contribution in [0.1, 0.15) is 19.4 Å². The Hall–Kier alpha value is -2.64. The molecule has 0 bridgehead atoms. The fourth-order valence-electron chi connectivity index (χ4n) is 3.66. The monoisotopic (exact) mass is 416 g/mol. The lowest BCUT2D eigenvalue weighted by molar-refractivity contribution is -0.139. The van der Waals surface area contributed by atoms with E-state index in [9.17, 15) is 9.18 Å². The maximum atomic E-state index is 13.1. The average Bonchev–Trinajstić information content (AvgIpc) is 2.75. The largest absolute Gasteiger partial charge is 0.487 e. The van der Waals surface area contributed by atoms with Gasteiger partial charge in [0.2, 0.25) is 0 Å². The number of nitrogens with zero attached hydrogens (tertiary/aromatic N) is 2. The minimum atomic E-state index is -0.237. The first-order chi connectivity index (χ1) is 14.5. The Morgan fingerprint density at radius 2 is 1.70 bits per heavy atom. The number of hydrogen-bond acceptors (Lipinski definition) is 5. The molecule has 1 N–H and O–H groups in total. The Labute approximate surface area is 176 Å². The Balaban J connectivity index is 1.55. The van der Waals surface area contributed by atoms with Crippen LogP contribution in [0.3, 0.4) is 0 Å². The summed E-state index contributed by atoms with van der Waals surface area (Å²) in [6, 6.07) is 13.9. The van der Waals surface area contributed by atoms with E-state index < -0.39 is 0 Å². The van der Waals surface area contributed by atoms with Crippen molar-refractivity contribution in [2.45, 2.75) is 32.5 Å². The molecular formula is C23H29FN2O4. The van der Waals surface area contributed by atoms with Crippen LogP contribution in [0.25, 0.3) is 0 Å². The van der Waals surface area contributed by atoms with E-state index in [-0.39, 0.29) is 43.6 Å². The molecule has 6 nitrogen and oxygen atoms in total. The zero-order valence-corrected chi connectivity index (χ0v) is 17.5. The van der Waals surface area contributed by atoms with Gasteiger partial charge in [-0.2, -0.15) is 0 Å². The summed E-state index contributed by atoms with van der Waals surface area (Å²) in [6.07, 6.45) is 0. The molecule has 1 unspecified atom stereocenters. The van der Waals surface area contributed by atoms with Gasteiger partial charge in [0.05, 0.1) is 6.61 Å². The van der Waals surface area contributed by atoms with Gasteiger partial charge in [-0.15, -0.1) is 0 Å². The van der Waals surface area contributed by atoms with Crippen molar-refractivity contribution >= 4 is 5.91 Å². The fourth-order valence-corrected chi connectivity index (χ4v) is 3.66. The van der Waals surface area contributed by atoms with Crippen LogP contribution in [0.5, 0.6) is 11.5 Å². The van der Waals surface area contributed by atoms with Crippen LogP contribution in [0.15, 0.2) is 48.5 Å². The van der Waals surface area contributed by atoms with Crippen molar-refractivity contribution in [3.8, 4) is 11.5 Å². The fraction of sp³-hybridized carbons (Fsp3) is 0.435. The summed E-state index contributed by atoms with van der Waals surface area (Å²) in [4.78, 5) is 17.0. The third-order valence-electron chi connectivity index (χ3n) is 5.28. The third kappa shape index (κ3) is 5.70. The lowest BCUT2D eigenvalue weighted by Crippen LogP contribution is -2.58. The van der Waals surface area contributed by atoms with Crippen LogP contribution in [0.4, 0.5) is 4.39 Å². The molecule has 162 valence electrons. The van der Waals surface area contributed by atoms with Crippen molar-refractivity contribution in [2.24, 2.45) is 0 Å². The predicted molar refractivity (Wildman–Crippen MR) is 112 cm³/mol.